The predicted octanol–water partition coefficient (Wildman–Crippen LogP) is -1.41. The van der Waals surface area contributed by atoms with Gasteiger partial charge in [0.05, 0.1) is 20.2 Å². The molecule has 0 saturated carbocycles. The molecular weight excluding hydrogens is 236 g/mol. The monoisotopic (exact) mass is 252 g/mol. The second kappa shape index (κ2) is 6.17. The minimum Gasteiger partial charge on any atom is -0.383 e. The number of aryl methyl sites for hydroxylation is 1. The van der Waals surface area contributed by atoms with E-state index >= 15 is 0 Å². The van der Waals surface area contributed by atoms with Gasteiger partial charge in [-0.3, -0.25) is 0 Å². The maximum atomic E-state index is 4.93. The molecule has 2 heterocycles. The molecule has 0 aliphatic heterocycles. The van der Waals surface area contributed by atoms with Crippen molar-refractivity contribution in [2.45, 2.75) is 13.1 Å². The minimum atomic E-state index is 0.471. The number of hydrogen-bond acceptors (Lipinski definition) is 7. The number of hydrogen-bond donors (Lipinski definition) is 1. The summed E-state index contributed by atoms with van der Waals surface area (Å²) in [5.74, 6) is 1.34. The maximum Gasteiger partial charge on any atom is 0.196 e. The molecule has 0 spiro atoms. The van der Waals surface area contributed by atoms with Gasteiger partial charge in [-0.2, -0.15) is 9.90 Å². The Balaban J connectivity index is 1.82. The van der Waals surface area contributed by atoms with E-state index in [0.717, 1.165) is 12.4 Å². The van der Waals surface area contributed by atoms with Crippen LogP contribution < -0.4 is 5.32 Å². The zero-order valence-electron chi connectivity index (χ0n) is 10.4. The molecule has 98 valence electrons. The van der Waals surface area contributed by atoms with Gasteiger partial charge in [-0.15, -0.1) is 10.2 Å². The summed E-state index contributed by atoms with van der Waals surface area (Å²) in [4.78, 5) is 5.60. The van der Waals surface area contributed by atoms with Gasteiger partial charge in [0.15, 0.2) is 11.6 Å². The second-order valence-electron chi connectivity index (χ2n) is 3.72. The molecule has 0 radical (unpaired) electrons. The lowest BCUT2D eigenvalue weighted by Gasteiger charge is -1.99. The van der Waals surface area contributed by atoms with Crippen molar-refractivity contribution in [1.82, 2.24) is 40.3 Å². The summed E-state index contributed by atoms with van der Waals surface area (Å²) in [7, 11) is 3.39. The SMILES string of the molecule is COCCNCc1ncn(Cc2nnn(C)n2)n1. The molecule has 0 unspecified atom stereocenters. The molecular formula is C9H16N8O. The number of nitrogens with zero attached hydrogens (tertiary/aromatic N) is 7. The summed E-state index contributed by atoms with van der Waals surface area (Å²) < 4.78 is 6.62. The molecule has 0 fully saturated rings. The third-order valence-corrected chi connectivity index (χ3v) is 2.20. The smallest absolute Gasteiger partial charge is 0.196 e. The van der Waals surface area contributed by atoms with Gasteiger partial charge in [0, 0.05) is 13.7 Å². The van der Waals surface area contributed by atoms with E-state index in [4.69, 9.17) is 4.74 Å². The first-order valence-electron chi connectivity index (χ1n) is 5.59. The third kappa shape index (κ3) is 3.57. The number of tetrazole rings is 1. The van der Waals surface area contributed by atoms with E-state index in [-0.39, 0.29) is 0 Å². The molecule has 2 aromatic rings. The van der Waals surface area contributed by atoms with Crippen molar-refractivity contribution in [2.75, 3.05) is 20.3 Å². The van der Waals surface area contributed by atoms with E-state index in [1.54, 1.807) is 25.2 Å². The largest absolute Gasteiger partial charge is 0.383 e. The van der Waals surface area contributed by atoms with Crippen LogP contribution in [0, 0.1) is 0 Å². The fourth-order valence-electron chi connectivity index (χ4n) is 1.40. The molecule has 2 rings (SSSR count). The lowest BCUT2D eigenvalue weighted by molar-refractivity contribution is 0.199. The van der Waals surface area contributed by atoms with Gasteiger partial charge < -0.3 is 10.1 Å². The quantitative estimate of drug-likeness (QED) is 0.604. The van der Waals surface area contributed by atoms with E-state index in [9.17, 15) is 0 Å². The second-order valence-corrected chi connectivity index (χ2v) is 3.72. The first kappa shape index (κ1) is 12.6. The highest BCUT2D eigenvalue weighted by Crippen LogP contribution is 1.94. The summed E-state index contributed by atoms with van der Waals surface area (Å²) in [5.41, 5.74) is 0. The van der Waals surface area contributed by atoms with Crippen molar-refractivity contribution in [2.24, 2.45) is 7.05 Å². The van der Waals surface area contributed by atoms with Crippen molar-refractivity contribution in [3.05, 3.63) is 18.0 Å². The molecule has 0 saturated heterocycles. The molecule has 0 amide bonds. The zero-order valence-corrected chi connectivity index (χ0v) is 10.4. The fraction of sp³-hybridized carbons (Fsp3) is 0.667. The maximum absolute atomic E-state index is 4.93. The van der Waals surface area contributed by atoms with Crippen molar-refractivity contribution in [3.8, 4) is 0 Å². The number of rotatable bonds is 7. The Kier molecular flexibility index (Phi) is 4.31. The molecule has 0 aliphatic rings. The zero-order chi connectivity index (χ0) is 12.8. The molecule has 0 atom stereocenters. The highest BCUT2D eigenvalue weighted by Gasteiger charge is 2.04. The van der Waals surface area contributed by atoms with Gasteiger partial charge in [-0.05, 0) is 5.21 Å². The Labute approximate surface area is 104 Å². The van der Waals surface area contributed by atoms with Crippen molar-refractivity contribution in [3.63, 3.8) is 0 Å². The summed E-state index contributed by atoms with van der Waals surface area (Å²) in [5, 5.41) is 19.2. The summed E-state index contributed by atoms with van der Waals surface area (Å²) in [6, 6.07) is 0. The third-order valence-electron chi connectivity index (χ3n) is 2.20. The summed E-state index contributed by atoms with van der Waals surface area (Å²) in [6.07, 6.45) is 1.66. The van der Waals surface area contributed by atoms with Crippen LogP contribution in [0.1, 0.15) is 11.6 Å². The Morgan fingerprint density at radius 1 is 1.33 bits per heavy atom. The van der Waals surface area contributed by atoms with E-state index in [1.807, 2.05) is 0 Å². The van der Waals surface area contributed by atoms with Crippen LogP contribution in [0.15, 0.2) is 6.33 Å². The van der Waals surface area contributed by atoms with E-state index < -0.39 is 0 Å². The molecule has 1 N–H and O–H groups in total. The molecule has 9 heteroatoms. The average molecular weight is 252 g/mol. The first-order chi connectivity index (χ1) is 8.78. The summed E-state index contributed by atoms with van der Waals surface area (Å²) in [6.45, 7) is 2.53. The topological polar surface area (TPSA) is 95.6 Å². The van der Waals surface area contributed by atoms with Gasteiger partial charge in [-0.1, -0.05) is 0 Å². The lowest BCUT2D eigenvalue weighted by atomic mass is 10.5. The molecule has 9 nitrogen and oxygen atoms in total. The Morgan fingerprint density at radius 3 is 2.94 bits per heavy atom. The number of nitrogens with one attached hydrogen (secondary N) is 1. The van der Waals surface area contributed by atoms with Crippen molar-refractivity contribution in [1.29, 1.82) is 0 Å². The van der Waals surface area contributed by atoms with Crippen molar-refractivity contribution < 1.29 is 4.74 Å². The lowest BCUT2D eigenvalue weighted by Crippen LogP contribution is -2.19. The molecule has 0 aromatic carbocycles. The fourth-order valence-corrected chi connectivity index (χ4v) is 1.40. The minimum absolute atomic E-state index is 0.471. The van der Waals surface area contributed by atoms with Crippen LogP contribution in [0.3, 0.4) is 0 Å². The van der Waals surface area contributed by atoms with E-state index in [0.29, 0.717) is 25.5 Å². The van der Waals surface area contributed by atoms with Crippen LogP contribution in [0.25, 0.3) is 0 Å². The van der Waals surface area contributed by atoms with Gasteiger partial charge in [-0.25, -0.2) is 9.67 Å². The van der Waals surface area contributed by atoms with Crippen LogP contribution in [-0.2, 0) is 24.9 Å². The molecule has 0 bridgehead atoms. The van der Waals surface area contributed by atoms with Gasteiger partial charge in [0.1, 0.15) is 12.9 Å². The van der Waals surface area contributed by atoms with E-state index in [2.05, 4.69) is 30.8 Å². The molecule has 2 aromatic heterocycles. The first-order valence-corrected chi connectivity index (χ1v) is 5.59. The van der Waals surface area contributed by atoms with Gasteiger partial charge in [0.2, 0.25) is 0 Å². The van der Waals surface area contributed by atoms with Gasteiger partial charge in [0.25, 0.3) is 0 Å². The Bertz CT molecular complexity index is 478. The highest BCUT2D eigenvalue weighted by molar-refractivity contribution is 4.84. The Morgan fingerprint density at radius 2 is 2.22 bits per heavy atom. The van der Waals surface area contributed by atoms with Crippen LogP contribution in [0.4, 0.5) is 0 Å². The van der Waals surface area contributed by atoms with Crippen LogP contribution in [0.5, 0.6) is 0 Å². The highest BCUT2D eigenvalue weighted by atomic mass is 16.5. The summed E-state index contributed by atoms with van der Waals surface area (Å²) >= 11 is 0. The van der Waals surface area contributed by atoms with Gasteiger partial charge >= 0.3 is 0 Å². The molecule has 0 aliphatic carbocycles. The van der Waals surface area contributed by atoms with Crippen LogP contribution >= 0.6 is 0 Å². The van der Waals surface area contributed by atoms with Crippen LogP contribution in [-0.4, -0.2) is 55.2 Å². The predicted molar refractivity (Wildman–Crippen MR) is 61.5 cm³/mol. The van der Waals surface area contributed by atoms with Crippen molar-refractivity contribution >= 4 is 0 Å². The van der Waals surface area contributed by atoms with E-state index in [1.165, 1.54) is 4.80 Å². The number of ether oxygens (including phenoxy) is 1. The van der Waals surface area contributed by atoms with Crippen LogP contribution in [0.2, 0.25) is 0 Å². The normalized spacial score (nSPS) is 11.0. The molecule has 18 heavy (non-hydrogen) atoms. The average Bonchev–Trinajstić information content (AvgIpc) is 2.95. The Hall–Kier alpha value is -1.87. The number of methoxy groups -OCH3 is 1. The number of aromatic nitrogens is 7. The standard InChI is InChI=1S/C9H16N8O/c1-16-13-9(12-15-16)6-17-7-11-8(14-17)5-10-3-4-18-2/h7,10H,3-6H2,1-2H3.